The normalized spacial score (nSPS) is 11.5. The highest BCUT2D eigenvalue weighted by Crippen LogP contribution is 2.26. The van der Waals surface area contributed by atoms with Crippen LogP contribution in [0.25, 0.3) is 11.4 Å². The number of aryl methyl sites for hydroxylation is 1. The molecule has 0 radical (unpaired) electrons. The molecule has 1 amide bonds. The van der Waals surface area contributed by atoms with Crippen LogP contribution in [-0.4, -0.2) is 52.2 Å². The third kappa shape index (κ3) is 5.75. The van der Waals surface area contributed by atoms with Gasteiger partial charge in [-0.2, -0.15) is 4.31 Å². The predicted molar refractivity (Wildman–Crippen MR) is 136 cm³/mol. The summed E-state index contributed by atoms with van der Waals surface area (Å²) < 4.78 is 29.2. The van der Waals surface area contributed by atoms with Gasteiger partial charge in [-0.3, -0.25) is 9.36 Å². The number of aromatic nitrogens is 3. The molecular formula is C24H29N5O3S2. The Morgan fingerprint density at radius 3 is 2.50 bits per heavy atom. The SMILES string of the molecule is C=CCn1c(SCC(=O)Nc2ccc(C)c(S(=O)(=O)N(CC)CC)c2)nnc1-c1ccccc1. The Morgan fingerprint density at radius 2 is 1.85 bits per heavy atom. The zero-order valence-corrected chi connectivity index (χ0v) is 21.2. The van der Waals surface area contributed by atoms with Crippen LogP contribution in [0.1, 0.15) is 19.4 Å². The van der Waals surface area contributed by atoms with Crippen molar-refractivity contribution in [2.24, 2.45) is 0 Å². The number of carbonyl (C=O) groups excluding carboxylic acids is 1. The van der Waals surface area contributed by atoms with Crippen LogP contribution in [0.5, 0.6) is 0 Å². The van der Waals surface area contributed by atoms with Gasteiger partial charge in [0.05, 0.1) is 10.6 Å². The number of anilines is 1. The second-order valence-corrected chi connectivity index (χ2v) is 10.3. The van der Waals surface area contributed by atoms with E-state index in [0.717, 1.165) is 5.56 Å². The first kappa shape index (κ1) is 25.7. The van der Waals surface area contributed by atoms with Crippen LogP contribution in [-0.2, 0) is 21.4 Å². The highest BCUT2D eigenvalue weighted by Gasteiger charge is 2.24. The zero-order valence-electron chi connectivity index (χ0n) is 19.6. The molecule has 2 aromatic carbocycles. The second kappa shape index (κ2) is 11.5. The average Bonchev–Trinajstić information content (AvgIpc) is 3.23. The molecule has 10 heteroatoms. The van der Waals surface area contributed by atoms with E-state index in [-0.39, 0.29) is 16.6 Å². The van der Waals surface area contributed by atoms with Gasteiger partial charge in [0.25, 0.3) is 0 Å². The molecule has 34 heavy (non-hydrogen) atoms. The van der Waals surface area contributed by atoms with E-state index >= 15 is 0 Å². The fourth-order valence-electron chi connectivity index (χ4n) is 3.48. The van der Waals surface area contributed by atoms with E-state index in [2.05, 4.69) is 22.1 Å². The summed E-state index contributed by atoms with van der Waals surface area (Å²) in [5.74, 6) is 0.526. The summed E-state index contributed by atoms with van der Waals surface area (Å²) in [6, 6.07) is 14.6. The molecule has 0 aliphatic heterocycles. The number of hydrogen-bond donors (Lipinski definition) is 1. The number of amides is 1. The van der Waals surface area contributed by atoms with Gasteiger partial charge in [0.15, 0.2) is 11.0 Å². The Balaban J connectivity index is 1.74. The van der Waals surface area contributed by atoms with E-state index in [0.29, 0.717) is 41.9 Å². The van der Waals surface area contributed by atoms with Gasteiger partial charge in [0.1, 0.15) is 0 Å². The van der Waals surface area contributed by atoms with Crippen LogP contribution < -0.4 is 5.32 Å². The third-order valence-corrected chi connectivity index (χ3v) is 8.35. The number of carbonyl (C=O) groups is 1. The summed E-state index contributed by atoms with van der Waals surface area (Å²) in [5.41, 5.74) is 1.99. The van der Waals surface area contributed by atoms with E-state index < -0.39 is 10.0 Å². The van der Waals surface area contributed by atoms with E-state index in [1.807, 2.05) is 34.9 Å². The number of allylic oxidation sites excluding steroid dienone is 1. The first-order valence-corrected chi connectivity index (χ1v) is 13.4. The summed E-state index contributed by atoms with van der Waals surface area (Å²) in [7, 11) is -3.64. The molecule has 1 N–H and O–H groups in total. The van der Waals surface area contributed by atoms with Crippen molar-refractivity contribution in [3.8, 4) is 11.4 Å². The maximum atomic E-state index is 13.0. The van der Waals surface area contributed by atoms with Crippen LogP contribution in [0.3, 0.4) is 0 Å². The second-order valence-electron chi connectivity index (χ2n) is 7.48. The maximum absolute atomic E-state index is 13.0. The van der Waals surface area contributed by atoms with Gasteiger partial charge in [-0.15, -0.1) is 16.8 Å². The van der Waals surface area contributed by atoms with Crippen molar-refractivity contribution in [3.63, 3.8) is 0 Å². The highest BCUT2D eigenvalue weighted by molar-refractivity contribution is 7.99. The zero-order chi connectivity index (χ0) is 24.7. The summed E-state index contributed by atoms with van der Waals surface area (Å²) in [6.45, 7) is 10.4. The van der Waals surface area contributed by atoms with Crippen molar-refractivity contribution in [3.05, 3.63) is 66.7 Å². The Kier molecular flexibility index (Phi) is 8.65. The molecule has 8 nitrogen and oxygen atoms in total. The monoisotopic (exact) mass is 499 g/mol. The van der Waals surface area contributed by atoms with Crippen molar-refractivity contribution in [1.29, 1.82) is 0 Å². The molecule has 0 saturated heterocycles. The maximum Gasteiger partial charge on any atom is 0.243 e. The lowest BCUT2D eigenvalue weighted by molar-refractivity contribution is -0.113. The fourth-order valence-corrected chi connectivity index (χ4v) is 5.93. The summed E-state index contributed by atoms with van der Waals surface area (Å²) in [4.78, 5) is 12.8. The molecule has 3 aromatic rings. The van der Waals surface area contributed by atoms with Crippen LogP contribution in [0.15, 0.2) is 71.2 Å². The third-order valence-electron chi connectivity index (χ3n) is 5.19. The molecule has 0 bridgehead atoms. The molecular weight excluding hydrogens is 470 g/mol. The van der Waals surface area contributed by atoms with Crippen LogP contribution >= 0.6 is 11.8 Å². The average molecular weight is 500 g/mol. The fraction of sp³-hybridized carbons (Fsp3) is 0.292. The largest absolute Gasteiger partial charge is 0.325 e. The summed E-state index contributed by atoms with van der Waals surface area (Å²) >= 11 is 1.26. The predicted octanol–water partition coefficient (Wildman–Crippen LogP) is 4.20. The van der Waals surface area contributed by atoms with Crippen molar-refractivity contribution >= 4 is 33.4 Å². The van der Waals surface area contributed by atoms with E-state index in [1.165, 1.54) is 22.1 Å². The molecule has 0 fully saturated rings. The van der Waals surface area contributed by atoms with Gasteiger partial charge in [0.2, 0.25) is 15.9 Å². The van der Waals surface area contributed by atoms with E-state index in [1.54, 1.807) is 39.0 Å². The van der Waals surface area contributed by atoms with Gasteiger partial charge in [-0.05, 0) is 24.6 Å². The molecule has 0 atom stereocenters. The van der Waals surface area contributed by atoms with Crippen molar-refractivity contribution in [2.45, 2.75) is 37.4 Å². The molecule has 0 spiro atoms. The first-order chi connectivity index (χ1) is 16.3. The number of nitrogens with zero attached hydrogens (tertiary/aromatic N) is 4. The highest BCUT2D eigenvalue weighted by atomic mass is 32.2. The molecule has 180 valence electrons. The lowest BCUT2D eigenvalue weighted by Gasteiger charge is -2.20. The van der Waals surface area contributed by atoms with Crippen molar-refractivity contribution in [1.82, 2.24) is 19.1 Å². The lowest BCUT2D eigenvalue weighted by atomic mass is 10.2. The molecule has 1 heterocycles. The minimum atomic E-state index is -3.64. The van der Waals surface area contributed by atoms with Gasteiger partial charge >= 0.3 is 0 Å². The quantitative estimate of drug-likeness (QED) is 0.314. The van der Waals surface area contributed by atoms with Crippen molar-refractivity contribution in [2.75, 3.05) is 24.2 Å². The Morgan fingerprint density at radius 1 is 1.15 bits per heavy atom. The van der Waals surface area contributed by atoms with Crippen LogP contribution in [0.4, 0.5) is 5.69 Å². The first-order valence-electron chi connectivity index (χ1n) is 10.9. The van der Waals surface area contributed by atoms with Gasteiger partial charge in [-0.1, -0.05) is 68.1 Å². The number of hydrogen-bond acceptors (Lipinski definition) is 6. The topological polar surface area (TPSA) is 97.2 Å². The number of sulfonamides is 1. The number of nitrogens with one attached hydrogen (secondary N) is 1. The van der Waals surface area contributed by atoms with Gasteiger partial charge in [-0.25, -0.2) is 8.42 Å². The molecule has 0 saturated carbocycles. The standard InChI is InChI=1S/C24H29N5O3S2/c1-5-15-29-23(19-11-9-8-10-12-19)26-27-24(29)33-17-22(30)25-20-14-13-18(4)21(16-20)34(31,32)28(6-2)7-3/h5,8-14,16H,1,6-7,15,17H2,2-4H3,(H,25,30). The number of thioether (sulfide) groups is 1. The van der Waals surface area contributed by atoms with Crippen LogP contribution in [0.2, 0.25) is 0 Å². The minimum absolute atomic E-state index is 0.0933. The summed E-state index contributed by atoms with van der Waals surface area (Å²) in [6.07, 6.45) is 1.75. The molecule has 0 aliphatic carbocycles. The number of benzene rings is 2. The van der Waals surface area contributed by atoms with Gasteiger partial charge < -0.3 is 5.32 Å². The Bertz CT molecular complexity index is 1250. The van der Waals surface area contributed by atoms with E-state index in [4.69, 9.17) is 0 Å². The van der Waals surface area contributed by atoms with Gasteiger partial charge in [0, 0.05) is 30.9 Å². The Labute approximate surface area is 205 Å². The minimum Gasteiger partial charge on any atom is -0.325 e. The molecule has 0 aliphatic rings. The summed E-state index contributed by atoms with van der Waals surface area (Å²) in [5, 5.41) is 11.9. The van der Waals surface area contributed by atoms with E-state index in [9.17, 15) is 13.2 Å². The molecule has 1 aromatic heterocycles. The lowest BCUT2D eigenvalue weighted by Crippen LogP contribution is -2.31. The molecule has 3 rings (SSSR count). The van der Waals surface area contributed by atoms with Crippen molar-refractivity contribution < 1.29 is 13.2 Å². The molecule has 0 unspecified atom stereocenters. The smallest absolute Gasteiger partial charge is 0.243 e. The number of rotatable bonds is 11. The Hall–Kier alpha value is -2.95. The van der Waals surface area contributed by atoms with Crippen LogP contribution in [0, 0.1) is 6.92 Å².